The van der Waals surface area contributed by atoms with Gasteiger partial charge in [0.2, 0.25) is 0 Å². The molecule has 0 bridgehead atoms. The number of urea groups is 1. The van der Waals surface area contributed by atoms with Gasteiger partial charge in [0.15, 0.2) is 0 Å². The Hall–Kier alpha value is -1.88. The normalized spacial score (nSPS) is 12.0. The number of rotatable bonds is 5. The van der Waals surface area contributed by atoms with Crippen LogP contribution < -0.4 is 5.32 Å². The van der Waals surface area contributed by atoms with Crippen molar-refractivity contribution >= 4 is 17.4 Å². The van der Waals surface area contributed by atoms with Crippen LogP contribution in [0.15, 0.2) is 35.7 Å². The molecule has 1 atom stereocenters. The van der Waals surface area contributed by atoms with Crippen molar-refractivity contribution in [3.8, 4) is 11.3 Å². The minimum atomic E-state index is -0.0828. The van der Waals surface area contributed by atoms with Crippen LogP contribution in [0.25, 0.3) is 11.3 Å². The quantitative estimate of drug-likeness (QED) is 0.910. The number of benzene rings is 1. The average molecular weight is 303 g/mol. The Balaban J connectivity index is 2.06. The molecule has 0 aliphatic carbocycles. The number of amides is 2. The number of nitrogens with zero attached hydrogens (tertiary/aromatic N) is 2. The SMILES string of the molecule is CCN(CC)C(=O)N[C@H](C)c1nc(-c2ccccc2)cs1. The van der Waals surface area contributed by atoms with Crippen molar-refractivity contribution in [2.24, 2.45) is 0 Å². The van der Waals surface area contributed by atoms with Crippen molar-refractivity contribution in [1.82, 2.24) is 15.2 Å². The minimum Gasteiger partial charge on any atom is -0.329 e. The molecule has 2 amide bonds. The van der Waals surface area contributed by atoms with E-state index in [1.807, 2.05) is 56.5 Å². The third-order valence-corrected chi connectivity index (χ3v) is 4.38. The molecule has 21 heavy (non-hydrogen) atoms. The molecular formula is C16H21N3OS. The second-order valence-corrected chi connectivity index (χ2v) is 5.67. The number of aromatic nitrogens is 1. The molecule has 1 aromatic carbocycles. The summed E-state index contributed by atoms with van der Waals surface area (Å²) in [5.41, 5.74) is 2.06. The molecule has 2 rings (SSSR count). The molecule has 0 radical (unpaired) electrons. The van der Waals surface area contributed by atoms with Crippen molar-refractivity contribution in [3.05, 3.63) is 40.7 Å². The maximum absolute atomic E-state index is 12.1. The van der Waals surface area contributed by atoms with Crippen molar-refractivity contribution in [1.29, 1.82) is 0 Å². The smallest absolute Gasteiger partial charge is 0.317 e. The van der Waals surface area contributed by atoms with Crippen LogP contribution in [-0.4, -0.2) is 29.0 Å². The summed E-state index contributed by atoms with van der Waals surface area (Å²) in [6.07, 6.45) is 0. The van der Waals surface area contributed by atoms with Crippen LogP contribution in [0.4, 0.5) is 4.79 Å². The van der Waals surface area contributed by atoms with Gasteiger partial charge < -0.3 is 10.2 Å². The minimum absolute atomic E-state index is 0.0380. The highest BCUT2D eigenvalue weighted by atomic mass is 32.1. The van der Waals surface area contributed by atoms with Crippen molar-refractivity contribution in [3.63, 3.8) is 0 Å². The zero-order chi connectivity index (χ0) is 15.2. The lowest BCUT2D eigenvalue weighted by molar-refractivity contribution is 0.200. The van der Waals surface area contributed by atoms with Crippen LogP contribution in [-0.2, 0) is 0 Å². The van der Waals surface area contributed by atoms with Crippen molar-refractivity contribution in [2.75, 3.05) is 13.1 Å². The third kappa shape index (κ3) is 3.82. The van der Waals surface area contributed by atoms with Crippen LogP contribution in [0.3, 0.4) is 0 Å². The summed E-state index contributed by atoms with van der Waals surface area (Å²) in [4.78, 5) is 18.5. The van der Waals surface area contributed by atoms with Crippen LogP contribution >= 0.6 is 11.3 Å². The lowest BCUT2D eigenvalue weighted by Crippen LogP contribution is -2.40. The Labute approximate surface area is 129 Å². The van der Waals surface area contributed by atoms with E-state index in [1.165, 1.54) is 0 Å². The first-order chi connectivity index (χ1) is 10.2. The fourth-order valence-electron chi connectivity index (χ4n) is 2.08. The van der Waals surface area contributed by atoms with Gasteiger partial charge >= 0.3 is 6.03 Å². The van der Waals surface area contributed by atoms with Gasteiger partial charge in [0, 0.05) is 24.0 Å². The van der Waals surface area contributed by atoms with Gasteiger partial charge in [0.25, 0.3) is 0 Å². The number of nitrogens with one attached hydrogen (secondary N) is 1. The first kappa shape index (κ1) is 15.5. The first-order valence-electron chi connectivity index (χ1n) is 7.22. The lowest BCUT2D eigenvalue weighted by atomic mass is 10.2. The summed E-state index contributed by atoms with van der Waals surface area (Å²) >= 11 is 1.58. The third-order valence-electron chi connectivity index (χ3n) is 3.35. The van der Waals surface area contributed by atoms with Gasteiger partial charge in [0.1, 0.15) is 5.01 Å². The second kappa shape index (κ2) is 7.22. The molecule has 1 aromatic heterocycles. The van der Waals surface area contributed by atoms with E-state index in [9.17, 15) is 4.79 Å². The summed E-state index contributed by atoms with van der Waals surface area (Å²) in [5.74, 6) is 0. The molecule has 1 heterocycles. The molecule has 0 saturated carbocycles. The van der Waals surface area contributed by atoms with Gasteiger partial charge in [-0.1, -0.05) is 30.3 Å². The van der Waals surface area contributed by atoms with Gasteiger partial charge in [-0.25, -0.2) is 9.78 Å². The number of thiazole rings is 1. The Bertz CT molecular complexity index is 578. The molecule has 1 N–H and O–H groups in total. The summed E-state index contributed by atoms with van der Waals surface area (Å²) in [5, 5.41) is 5.96. The van der Waals surface area contributed by atoms with E-state index in [2.05, 4.69) is 10.3 Å². The number of carbonyl (C=O) groups excluding carboxylic acids is 1. The Morgan fingerprint density at radius 1 is 1.29 bits per heavy atom. The van der Waals surface area contributed by atoms with Gasteiger partial charge in [-0.15, -0.1) is 11.3 Å². The molecule has 112 valence electrons. The highest BCUT2D eigenvalue weighted by Crippen LogP contribution is 2.25. The zero-order valence-electron chi connectivity index (χ0n) is 12.7. The van der Waals surface area contributed by atoms with Crippen LogP contribution in [0.5, 0.6) is 0 Å². The molecule has 0 spiro atoms. The molecule has 0 aliphatic rings. The Kier molecular flexibility index (Phi) is 5.33. The number of hydrogen-bond acceptors (Lipinski definition) is 3. The summed E-state index contributed by atoms with van der Waals surface area (Å²) in [7, 11) is 0. The van der Waals surface area contributed by atoms with Crippen molar-refractivity contribution in [2.45, 2.75) is 26.8 Å². The summed E-state index contributed by atoms with van der Waals surface area (Å²) in [6.45, 7) is 7.34. The maximum Gasteiger partial charge on any atom is 0.317 e. The van der Waals surface area contributed by atoms with Gasteiger partial charge in [-0.2, -0.15) is 0 Å². The fourth-order valence-corrected chi connectivity index (χ4v) is 2.91. The van der Waals surface area contributed by atoms with Gasteiger partial charge in [-0.3, -0.25) is 0 Å². The predicted molar refractivity (Wildman–Crippen MR) is 87.4 cm³/mol. The molecule has 0 saturated heterocycles. The molecule has 0 aliphatic heterocycles. The topological polar surface area (TPSA) is 45.2 Å². The second-order valence-electron chi connectivity index (χ2n) is 4.78. The van der Waals surface area contributed by atoms with Crippen LogP contribution in [0.1, 0.15) is 31.8 Å². The average Bonchev–Trinajstić information content (AvgIpc) is 2.99. The van der Waals surface area contributed by atoms with E-state index in [0.717, 1.165) is 16.3 Å². The standard InChI is InChI=1S/C16H21N3OS/c1-4-19(5-2)16(20)17-12(3)15-18-14(11-21-15)13-9-7-6-8-10-13/h6-12H,4-5H2,1-3H3,(H,17,20)/t12-/m1/s1. The molecular weight excluding hydrogens is 282 g/mol. The lowest BCUT2D eigenvalue weighted by Gasteiger charge is -2.21. The predicted octanol–water partition coefficient (Wildman–Crippen LogP) is 3.92. The van der Waals surface area contributed by atoms with Crippen molar-refractivity contribution < 1.29 is 4.79 Å². The fraction of sp³-hybridized carbons (Fsp3) is 0.375. The molecule has 2 aromatic rings. The molecule has 4 nitrogen and oxygen atoms in total. The van der Waals surface area contributed by atoms with E-state index in [4.69, 9.17) is 0 Å². The van der Waals surface area contributed by atoms with Crippen LogP contribution in [0, 0.1) is 0 Å². The van der Waals surface area contributed by atoms with Gasteiger partial charge in [-0.05, 0) is 20.8 Å². The maximum atomic E-state index is 12.1. The molecule has 5 heteroatoms. The Morgan fingerprint density at radius 3 is 2.57 bits per heavy atom. The molecule has 0 unspecified atom stereocenters. The Morgan fingerprint density at radius 2 is 1.95 bits per heavy atom. The van der Waals surface area contributed by atoms with E-state index >= 15 is 0 Å². The first-order valence-corrected chi connectivity index (χ1v) is 8.10. The molecule has 0 fully saturated rings. The van der Waals surface area contributed by atoms with E-state index < -0.39 is 0 Å². The monoisotopic (exact) mass is 303 g/mol. The number of carbonyl (C=O) groups is 1. The summed E-state index contributed by atoms with van der Waals surface area (Å²) in [6, 6.07) is 9.95. The highest BCUT2D eigenvalue weighted by molar-refractivity contribution is 7.10. The zero-order valence-corrected chi connectivity index (χ0v) is 13.5. The van der Waals surface area contributed by atoms with Gasteiger partial charge in [0.05, 0.1) is 11.7 Å². The van der Waals surface area contributed by atoms with Crippen LogP contribution in [0.2, 0.25) is 0 Å². The largest absolute Gasteiger partial charge is 0.329 e. The van der Waals surface area contributed by atoms with E-state index in [1.54, 1.807) is 16.2 Å². The van der Waals surface area contributed by atoms with E-state index in [-0.39, 0.29) is 12.1 Å². The highest BCUT2D eigenvalue weighted by Gasteiger charge is 2.16. The summed E-state index contributed by atoms with van der Waals surface area (Å²) < 4.78 is 0. The number of hydrogen-bond donors (Lipinski definition) is 1. The van der Waals surface area contributed by atoms with E-state index in [0.29, 0.717) is 13.1 Å².